The van der Waals surface area contributed by atoms with Gasteiger partial charge in [0.05, 0.1) is 12.6 Å². The number of aliphatic imine (C=N–C) groups is 1. The fourth-order valence-corrected chi connectivity index (χ4v) is 3.63. The van der Waals surface area contributed by atoms with Crippen molar-refractivity contribution in [1.82, 2.24) is 15.5 Å². The molecular formula is C22H30F2N4O. The average molecular weight is 405 g/mol. The first-order valence-electron chi connectivity index (χ1n) is 9.94. The minimum Gasteiger partial charge on any atom is -0.472 e. The van der Waals surface area contributed by atoms with Gasteiger partial charge in [-0.2, -0.15) is 0 Å². The van der Waals surface area contributed by atoms with Crippen LogP contribution in [0.4, 0.5) is 8.78 Å². The number of dihydropyridines is 1. The molecule has 7 heteroatoms. The van der Waals surface area contributed by atoms with Crippen LogP contribution in [-0.2, 0) is 4.74 Å². The van der Waals surface area contributed by atoms with Crippen molar-refractivity contribution in [1.29, 1.82) is 0 Å². The molecule has 1 aliphatic carbocycles. The SMILES string of the molecule is CNC1C=CNC(C2=CCC2)=C1C=NCC1=CC(C)=C(OCC(C)(F)F)N(C)C1. The van der Waals surface area contributed by atoms with Crippen molar-refractivity contribution in [3.8, 4) is 0 Å². The van der Waals surface area contributed by atoms with Crippen LogP contribution in [0.1, 0.15) is 26.7 Å². The monoisotopic (exact) mass is 404 g/mol. The Kier molecular flexibility index (Phi) is 6.57. The second-order valence-electron chi connectivity index (χ2n) is 7.84. The number of nitrogens with zero attached hydrogens (tertiary/aromatic N) is 2. The van der Waals surface area contributed by atoms with E-state index < -0.39 is 12.5 Å². The van der Waals surface area contributed by atoms with Crippen LogP contribution in [-0.4, -0.2) is 56.9 Å². The summed E-state index contributed by atoms with van der Waals surface area (Å²) in [7, 11) is 3.79. The van der Waals surface area contributed by atoms with Crippen molar-refractivity contribution < 1.29 is 13.5 Å². The molecule has 3 aliphatic rings. The van der Waals surface area contributed by atoms with Crippen molar-refractivity contribution in [2.75, 3.05) is 33.8 Å². The molecule has 3 rings (SSSR count). The third-order valence-corrected chi connectivity index (χ3v) is 5.11. The van der Waals surface area contributed by atoms with E-state index in [1.165, 1.54) is 5.57 Å². The number of ether oxygens (including phenoxy) is 1. The van der Waals surface area contributed by atoms with Gasteiger partial charge in [-0.1, -0.05) is 12.2 Å². The van der Waals surface area contributed by atoms with E-state index in [0.29, 0.717) is 19.0 Å². The van der Waals surface area contributed by atoms with Crippen molar-refractivity contribution in [3.63, 3.8) is 0 Å². The number of hydrogen-bond donors (Lipinski definition) is 2. The first kappa shape index (κ1) is 21.3. The lowest BCUT2D eigenvalue weighted by Crippen LogP contribution is -2.33. The van der Waals surface area contributed by atoms with Crippen molar-refractivity contribution in [2.24, 2.45) is 4.99 Å². The number of rotatable bonds is 8. The molecule has 0 radical (unpaired) electrons. The molecule has 0 aromatic rings. The van der Waals surface area contributed by atoms with Gasteiger partial charge < -0.3 is 20.3 Å². The van der Waals surface area contributed by atoms with E-state index in [-0.39, 0.29) is 6.04 Å². The highest BCUT2D eigenvalue weighted by atomic mass is 19.3. The molecule has 0 spiro atoms. The lowest BCUT2D eigenvalue weighted by atomic mass is 9.90. The summed E-state index contributed by atoms with van der Waals surface area (Å²) in [5, 5.41) is 6.67. The Balaban J connectivity index is 1.71. The Morgan fingerprint density at radius 1 is 1.45 bits per heavy atom. The number of alkyl halides is 2. The predicted octanol–water partition coefficient (Wildman–Crippen LogP) is 3.51. The highest BCUT2D eigenvalue weighted by molar-refractivity contribution is 5.84. The van der Waals surface area contributed by atoms with Gasteiger partial charge in [0.2, 0.25) is 0 Å². The molecule has 1 atom stereocenters. The van der Waals surface area contributed by atoms with Crippen molar-refractivity contribution >= 4 is 6.21 Å². The minimum atomic E-state index is -2.85. The maximum atomic E-state index is 13.1. The zero-order chi connectivity index (χ0) is 21.0. The number of allylic oxidation sites excluding steroid dienone is 4. The maximum Gasteiger partial charge on any atom is 0.278 e. The molecule has 29 heavy (non-hydrogen) atoms. The van der Waals surface area contributed by atoms with Gasteiger partial charge >= 0.3 is 0 Å². The molecule has 0 aromatic carbocycles. The number of hydrogen-bond acceptors (Lipinski definition) is 5. The lowest BCUT2D eigenvalue weighted by molar-refractivity contribution is -0.0564. The van der Waals surface area contributed by atoms with Gasteiger partial charge in [0.1, 0.15) is 0 Å². The minimum absolute atomic E-state index is 0.122. The molecule has 0 amide bonds. The second kappa shape index (κ2) is 8.95. The smallest absolute Gasteiger partial charge is 0.278 e. The van der Waals surface area contributed by atoms with Gasteiger partial charge in [-0.25, -0.2) is 8.78 Å². The molecule has 0 aromatic heterocycles. The van der Waals surface area contributed by atoms with Crippen LogP contribution in [0.5, 0.6) is 0 Å². The summed E-state index contributed by atoms with van der Waals surface area (Å²) < 4.78 is 31.6. The van der Waals surface area contributed by atoms with Crippen LogP contribution in [0.2, 0.25) is 0 Å². The standard InChI is InChI=1S/C22H30F2N4O/c1-15-10-16(13-28(4)21(15)29-14-22(2,23)24)11-26-12-18-19(25-3)8-9-27-20(18)17-6-5-7-17/h6,8-10,12,19,25,27H,5,7,11,13-14H2,1-4H3. The first-order chi connectivity index (χ1) is 13.8. The number of nitrogens with one attached hydrogen (secondary N) is 2. The Morgan fingerprint density at radius 2 is 2.21 bits per heavy atom. The molecule has 0 fully saturated rings. The van der Waals surface area contributed by atoms with Crippen LogP contribution in [0.3, 0.4) is 0 Å². The summed E-state index contributed by atoms with van der Waals surface area (Å²) >= 11 is 0. The molecule has 2 N–H and O–H groups in total. The van der Waals surface area contributed by atoms with E-state index in [1.54, 1.807) is 0 Å². The third kappa shape index (κ3) is 5.35. The van der Waals surface area contributed by atoms with Gasteiger partial charge in [-0.3, -0.25) is 4.99 Å². The zero-order valence-electron chi connectivity index (χ0n) is 17.6. The summed E-state index contributed by atoms with van der Waals surface area (Å²) in [6.07, 6.45) is 12.4. The highest BCUT2D eigenvalue weighted by Gasteiger charge is 2.25. The number of halogens is 2. The molecule has 2 aliphatic heterocycles. The largest absolute Gasteiger partial charge is 0.472 e. The summed E-state index contributed by atoms with van der Waals surface area (Å²) in [5.41, 5.74) is 5.56. The fourth-order valence-electron chi connectivity index (χ4n) is 3.63. The molecule has 1 unspecified atom stereocenters. The Morgan fingerprint density at radius 3 is 2.79 bits per heavy atom. The first-order valence-corrected chi connectivity index (χ1v) is 9.94. The van der Waals surface area contributed by atoms with Crippen LogP contribution in [0.25, 0.3) is 0 Å². The van der Waals surface area contributed by atoms with E-state index in [4.69, 9.17) is 4.74 Å². The van der Waals surface area contributed by atoms with Gasteiger partial charge in [-0.15, -0.1) is 0 Å². The molecule has 0 saturated carbocycles. The molecule has 158 valence electrons. The zero-order valence-corrected chi connectivity index (χ0v) is 17.6. The molecular weight excluding hydrogens is 374 g/mol. The van der Waals surface area contributed by atoms with Gasteiger partial charge in [0.15, 0.2) is 12.5 Å². The summed E-state index contributed by atoms with van der Waals surface area (Å²) in [6, 6.07) is 0.122. The number of likely N-dealkylation sites (N-methyl/N-ethyl adjacent to an activating group) is 2. The van der Waals surface area contributed by atoms with Crippen LogP contribution in [0.15, 0.2) is 63.3 Å². The summed E-state index contributed by atoms with van der Waals surface area (Å²) in [4.78, 5) is 6.54. The summed E-state index contributed by atoms with van der Waals surface area (Å²) in [6.45, 7) is 3.26. The van der Waals surface area contributed by atoms with Gasteiger partial charge in [0, 0.05) is 43.6 Å². The van der Waals surface area contributed by atoms with E-state index in [1.807, 2.05) is 44.4 Å². The van der Waals surface area contributed by atoms with Gasteiger partial charge in [-0.05, 0) is 50.2 Å². The second-order valence-corrected chi connectivity index (χ2v) is 7.84. The van der Waals surface area contributed by atoms with Crippen LogP contribution in [0, 0.1) is 0 Å². The lowest BCUT2D eigenvalue weighted by Gasteiger charge is -2.29. The quantitative estimate of drug-likeness (QED) is 0.608. The average Bonchev–Trinajstić information content (AvgIpc) is 2.59. The molecule has 2 heterocycles. The third-order valence-electron chi connectivity index (χ3n) is 5.11. The van der Waals surface area contributed by atoms with E-state index in [0.717, 1.165) is 42.2 Å². The molecule has 0 bridgehead atoms. The van der Waals surface area contributed by atoms with E-state index >= 15 is 0 Å². The maximum absolute atomic E-state index is 13.1. The Hall–Kier alpha value is -2.41. The predicted molar refractivity (Wildman–Crippen MR) is 113 cm³/mol. The van der Waals surface area contributed by atoms with E-state index in [2.05, 4.69) is 27.8 Å². The molecule has 0 saturated heterocycles. The van der Waals surface area contributed by atoms with E-state index in [9.17, 15) is 8.78 Å². The van der Waals surface area contributed by atoms with Crippen molar-refractivity contribution in [3.05, 3.63) is 58.3 Å². The topological polar surface area (TPSA) is 48.9 Å². The summed E-state index contributed by atoms with van der Waals surface area (Å²) in [5.74, 6) is -2.35. The van der Waals surface area contributed by atoms with Gasteiger partial charge in [0.25, 0.3) is 5.92 Å². The van der Waals surface area contributed by atoms with Crippen LogP contribution < -0.4 is 10.6 Å². The Labute approximate surface area is 171 Å². The Bertz CT molecular complexity index is 815. The normalized spacial score (nSPS) is 22.6. The highest BCUT2D eigenvalue weighted by Crippen LogP contribution is 2.29. The van der Waals surface area contributed by atoms with Crippen LogP contribution >= 0.6 is 0 Å². The molecule has 5 nitrogen and oxygen atoms in total. The fraction of sp³-hybridized carbons (Fsp3) is 0.500. The van der Waals surface area contributed by atoms with Crippen molar-refractivity contribution in [2.45, 2.75) is 38.7 Å².